The van der Waals surface area contributed by atoms with Crippen LogP contribution in [0, 0.1) is 11.8 Å². The van der Waals surface area contributed by atoms with Crippen molar-refractivity contribution in [3.63, 3.8) is 0 Å². The average Bonchev–Trinajstić information content (AvgIpc) is 2.45. The third-order valence-electron chi connectivity index (χ3n) is 4.15. The number of carbonyl (C=O) groups is 2. The van der Waals surface area contributed by atoms with E-state index >= 15 is 0 Å². The van der Waals surface area contributed by atoms with Gasteiger partial charge in [-0.25, -0.2) is 4.79 Å². The minimum Gasteiger partial charge on any atom is -0.469 e. The van der Waals surface area contributed by atoms with E-state index in [-0.39, 0.29) is 17.9 Å². The minimum atomic E-state index is -0.190. The van der Waals surface area contributed by atoms with Gasteiger partial charge in [0, 0.05) is 26.2 Å². The Morgan fingerprint density at radius 1 is 1.05 bits per heavy atom. The molecule has 0 aromatic heterocycles. The van der Waals surface area contributed by atoms with Crippen LogP contribution in [0.3, 0.4) is 0 Å². The quantitative estimate of drug-likeness (QED) is 0.680. The van der Waals surface area contributed by atoms with Crippen molar-refractivity contribution in [2.45, 2.75) is 32.6 Å². The van der Waals surface area contributed by atoms with E-state index in [4.69, 9.17) is 4.74 Å². The summed E-state index contributed by atoms with van der Waals surface area (Å²) in [4.78, 5) is 27.8. The second-order valence-electron chi connectivity index (χ2n) is 5.78. The fraction of sp³-hybridized carbons (Fsp3) is 0.857. The van der Waals surface area contributed by atoms with Crippen LogP contribution >= 0.6 is 0 Å². The molecule has 0 aromatic carbocycles. The van der Waals surface area contributed by atoms with Gasteiger partial charge in [0.25, 0.3) is 0 Å². The molecule has 2 rings (SSSR count). The molecule has 0 spiro atoms. The molecule has 2 saturated heterocycles. The Labute approximate surface area is 114 Å². The first-order chi connectivity index (χ1) is 9.11. The van der Waals surface area contributed by atoms with Crippen molar-refractivity contribution in [3.05, 3.63) is 0 Å². The van der Waals surface area contributed by atoms with E-state index < -0.39 is 0 Å². The average molecular weight is 268 g/mol. The van der Waals surface area contributed by atoms with Gasteiger partial charge in [0.15, 0.2) is 0 Å². The molecule has 5 nitrogen and oxygen atoms in total. The van der Waals surface area contributed by atoms with Crippen molar-refractivity contribution in [1.82, 2.24) is 9.80 Å². The number of carbonyl (C=O) groups excluding carboxylic acids is 2. The highest BCUT2D eigenvalue weighted by molar-refractivity contribution is 5.77. The Morgan fingerprint density at radius 2 is 1.68 bits per heavy atom. The summed E-state index contributed by atoms with van der Waals surface area (Å²) < 4.78 is 4.79. The maximum absolute atomic E-state index is 12.5. The number of nitrogens with zero attached hydrogens (tertiary/aromatic N) is 2. The number of likely N-dealkylation sites (tertiary alicyclic amines) is 2. The molecular formula is C14H24N2O3. The zero-order valence-electron chi connectivity index (χ0n) is 11.9. The monoisotopic (exact) mass is 268 g/mol. The molecule has 2 amide bonds. The molecule has 0 radical (unpaired) electrons. The van der Waals surface area contributed by atoms with Crippen molar-refractivity contribution in [1.29, 1.82) is 0 Å². The molecule has 2 heterocycles. The van der Waals surface area contributed by atoms with Gasteiger partial charge in [0.2, 0.25) is 0 Å². The normalized spacial score (nSPS) is 28.1. The van der Waals surface area contributed by atoms with Crippen molar-refractivity contribution in [2.24, 2.45) is 11.8 Å². The molecule has 0 aromatic rings. The smallest absolute Gasteiger partial charge is 0.320 e. The van der Waals surface area contributed by atoms with Gasteiger partial charge in [-0.1, -0.05) is 6.92 Å². The summed E-state index contributed by atoms with van der Waals surface area (Å²) in [5.41, 5.74) is 0. The number of hydrogen-bond donors (Lipinski definition) is 0. The summed E-state index contributed by atoms with van der Waals surface area (Å²) in [5.74, 6) is 0.244. The molecule has 2 fully saturated rings. The van der Waals surface area contributed by atoms with E-state index in [1.54, 1.807) is 0 Å². The predicted octanol–water partition coefficient (Wildman–Crippen LogP) is 1.72. The standard InChI is InChI=1S/C14H24N2O3/c1-11-5-3-7-15(9-11)14(18)16-8-4-6-12(10-16)13(17)19-2/h11-12H,3-10H2,1-2H3/t11?,12-/m0/s1. The fourth-order valence-corrected chi connectivity index (χ4v) is 3.07. The van der Waals surface area contributed by atoms with Crippen LogP contribution in [0.15, 0.2) is 0 Å². The Hall–Kier alpha value is -1.26. The Kier molecular flexibility index (Phi) is 4.66. The maximum Gasteiger partial charge on any atom is 0.320 e. The zero-order valence-corrected chi connectivity index (χ0v) is 11.9. The summed E-state index contributed by atoms with van der Waals surface area (Å²) in [6.07, 6.45) is 4.00. The molecule has 0 bridgehead atoms. The molecule has 0 saturated carbocycles. The van der Waals surface area contributed by atoms with Crippen LogP contribution < -0.4 is 0 Å². The predicted molar refractivity (Wildman–Crippen MR) is 71.7 cm³/mol. The number of piperidine rings is 2. The first kappa shape index (κ1) is 14.2. The molecule has 2 aliphatic rings. The van der Waals surface area contributed by atoms with Crippen LogP contribution in [0.1, 0.15) is 32.6 Å². The van der Waals surface area contributed by atoms with Crippen LogP contribution in [0.5, 0.6) is 0 Å². The summed E-state index contributed by atoms with van der Waals surface area (Å²) in [7, 11) is 1.41. The lowest BCUT2D eigenvalue weighted by Crippen LogP contribution is -2.51. The number of urea groups is 1. The lowest BCUT2D eigenvalue weighted by Gasteiger charge is -2.38. The number of amides is 2. The first-order valence-electron chi connectivity index (χ1n) is 7.23. The van der Waals surface area contributed by atoms with E-state index in [1.807, 2.05) is 9.80 Å². The second kappa shape index (κ2) is 6.26. The molecule has 1 unspecified atom stereocenters. The lowest BCUT2D eigenvalue weighted by atomic mass is 9.98. The molecule has 0 aliphatic carbocycles. The van der Waals surface area contributed by atoms with E-state index in [1.165, 1.54) is 13.5 Å². The molecule has 5 heteroatoms. The summed E-state index contributed by atoms with van der Waals surface area (Å²) in [5, 5.41) is 0. The van der Waals surface area contributed by atoms with Crippen molar-refractivity contribution < 1.29 is 14.3 Å². The molecule has 2 aliphatic heterocycles. The van der Waals surface area contributed by atoms with E-state index in [9.17, 15) is 9.59 Å². The van der Waals surface area contributed by atoms with Crippen LogP contribution in [0.2, 0.25) is 0 Å². The third-order valence-corrected chi connectivity index (χ3v) is 4.15. The first-order valence-corrected chi connectivity index (χ1v) is 7.23. The maximum atomic E-state index is 12.5. The van der Waals surface area contributed by atoms with Gasteiger partial charge < -0.3 is 14.5 Å². The van der Waals surface area contributed by atoms with Gasteiger partial charge in [0.05, 0.1) is 13.0 Å². The van der Waals surface area contributed by atoms with Crippen molar-refractivity contribution >= 4 is 12.0 Å². The minimum absolute atomic E-state index is 0.0974. The van der Waals surface area contributed by atoms with Gasteiger partial charge in [0.1, 0.15) is 0 Å². The zero-order chi connectivity index (χ0) is 13.8. The molecular weight excluding hydrogens is 244 g/mol. The van der Waals surface area contributed by atoms with Crippen LogP contribution in [-0.2, 0) is 9.53 Å². The molecule has 0 N–H and O–H groups in total. The highest BCUT2D eigenvalue weighted by atomic mass is 16.5. The van der Waals surface area contributed by atoms with Gasteiger partial charge in [-0.2, -0.15) is 0 Å². The topological polar surface area (TPSA) is 49.9 Å². The van der Waals surface area contributed by atoms with E-state index in [0.717, 1.165) is 38.9 Å². The number of methoxy groups -OCH3 is 1. The van der Waals surface area contributed by atoms with Crippen molar-refractivity contribution in [2.75, 3.05) is 33.3 Å². The number of ether oxygens (including phenoxy) is 1. The van der Waals surface area contributed by atoms with Gasteiger partial charge in [-0.05, 0) is 31.6 Å². The Morgan fingerprint density at radius 3 is 2.32 bits per heavy atom. The van der Waals surface area contributed by atoms with Gasteiger partial charge in [-0.15, -0.1) is 0 Å². The largest absolute Gasteiger partial charge is 0.469 e. The summed E-state index contributed by atoms with van der Waals surface area (Å²) in [6.45, 7) is 5.15. The highest BCUT2D eigenvalue weighted by Gasteiger charge is 2.32. The number of hydrogen-bond acceptors (Lipinski definition) is 3. The van der Waals surface area contributed by atoms with E-state index in [0.29, 0.717) is 12.5 Å². The van der Waals surface area contributed by atoms with Gasteiger partial charge >= 0.3 is 12.0 Å². The highest BCUT2D eigenvalue weighted by Crippen LogP contribution is 2.22. The van der Waals surface area contributed by atoms with Gasteiger partial charge in [-0.3, -0.25) is 4.79 Å². The second-order valence-corrected chi connectivity index (χ2v) is 5.78. The number of esters is 1. The molecule has 19 heavy (non-hydrogen) atoms. The summed E-state index contributed by atoms with van der Waals surface area (Å²) >= 11 is 0. The molecule has 108 valence electrons. The Balaban J connectivity index is 1.93. The third kappa shape index (κ3) is 3.39. The SMILES string of the molecule is COC(=O)[C@H]1CCCN(C(=O)N2CCCC(C)C2)C1. The summed E-state index contributed by atoms with van der Waals surface area (Å²) in [6, 6.07) is 0.0974. The molecule has 2 atom stereocenters. The lowest BCUT2D eigenvalue weighted by molar-refractivity contribution is -0.146. The number of rotatable bonds is 1. The Bertz CT molecular complexity index is 346. The van der Waals surface area contributed by atoms with Crippen LogP contribution in [0.4, 0.5) is 4.79 Å². The van der Waals surface area contributed by atoms with Crippen molar-refractivity contribution in [3.8, 4) is 0 Å². The van der Waals surface area contributed by atoms with Crippen LogP contribution in [0.25, 0.3) is 0 Å². The fourth-order valence-electron chi connectivity index (χ4n) is 3.07. The van der Waals surface area contributed by atoms with E-state index in [2.05, 4.69) is 6.92 Å². The van der Waals surface area contributed by atoms with Crippen LogP contribution in [-0.4, -0.2) is 55.1 Å².